The van der Waals surface area contributed by atoms with Gasteiger partial charge in [0.1, 0.15) is 0 Å². The third-order valence-corrected chi connectivity index (χ3v) is 3.81. The number of hydrogen-bond acceptors (Lipinski definition) is 2. The van der Waals surface area contributed by atoms with Crippen LogP contribution in [0.3, 0.4) is 0 Å². The Bertz CT molecular complexity index is 608. The second-order valence-corrected chi connectivity index (χ2v) is 5.96. The van der Waals surface area contributed by atoms with E-state index in [1.165, 1.54) is 0 Å². The molecule has 0 amide bonds. The Morgan fingerprint density at radius 2 is 1.67 bits per heavy atom. The van der Waals surface area contributed by atoms with Gasteiger partial charge in [0.2, 0.25) is 0 Å². The van der Waals surface area contributed by atoms with E-state index < -0.39 is 11.4 Å². The van der Waals surface area contributed by atoms with Gasteiger partial charge in [-0.15, -0.1) is 0 Å². The summed E-state index contributed by atoms with van der Waals surface area (Å²) in [7, 11) is 0. The molecule has 3 nitrogen and oxygen atoms in total. The Hall–Kier alpha value is -2.00. The van der Waals surface area contributed by atoms with Crippen LogP contribution in [-0.2, 0) is 4.79 Å². The number of benzene rings is 2. The third kappa shape index (κ3) is 3.56. The van der Waals surface area contributed by atoms with Gasteiger partial charge in [-0.05, 0) is 43.7 Å². The van der Waals surface area contributed by atoms with Gasteiger partial charge >= 0.3 is 5.97 Å². The lowest BCUT2D eigenvalue weighted by molar-refractivity contribution is -0.147. The Kier molecular flexibility index (Phi) is 4.53. The van der Waals surface area contributed by atoms with Crippen LogP contribution >= 0.6 is 11.6 Å². The number of carboxylic acids is 1. The fraction of sp³-hybridized carbons (Fsp3) is 0.235. The number of halogens is 1. The molecule has 0 aliphatic heterocycles. The maximum absolute atomic E-state index is 11.6. The first-order valence-electron chi connectivity index (χ1n) is 6.71. The number of hydrogen-bond donors (Lipinski definition) is 2. The molecule has 0 saturated carbocycles. The molecular weight excluding hydrogens is 286 g/mol. The first kappa shape index (κ1) is 15.4. The molecule has 0 aromatic heterocycles. The molecule has 0 heterocycles. The van der Waals surface area contributed by atoms with Gasteiger partial charge in [-0.1, -0.05) is 41.9 Å². The van der Waals surface area contributed by atoms with E-state index in [9.17, 15) is 9.90 Å². The van der Waals surface area contributed by atoms with Crippen LogP contribution in [0.2, 0.25) is 5.02 Å². The van der Waals surface area contributed by atoms with Gasteiger partial charge in [-0.3, -0.25) is 4.79 Å². The second kappa shape index (κ2) is 6.19. The second-order valence-electron chi connectivity index (χ2n) is 5.52. The van der Waals surface area contributed by atoms with Gasteiger partial charge in [0.15, 0.2) is 0 Å². The summed E-state index contributed by atoms with van der Waals surface area (Å²) in [5.41, 5.74) is 0.809. The topological polar surface area (TPSA) is 49.3 Å². The average Bonchev–Trinajstić information content (AvgIpc) is 2.47. The Balaban J connectivity index is 2.37. The number of carboxylic acid groups (broad SMARTS) is 1. The number of nitrogens with one attached hydrogen (secondary N) is 1. The van der Waals surface area contributed by atoms with Gasteiger partial charge in [-0.2, -0.15) is 0 Å². The van der Waals surface area contributed by atoms with Crippen LogP contribution in [0, 0.1) is 5.41 Å². The summed E-state index contributed by atoms with van der Waals surface area (Å²) in [6.45, 7) is 3.44. The van der Waals surface area contributed by atoms with Crippen molar-refractivity contribution in [3.05, 3.63) is 65.2 Å². The predicted octanol–water partition coefficient (Wildman–Crippen LogP) is 4.60. The standard InChI is InChI=1S/C17H18ClNO2/c1-17(2,16(20)21)15(12-6-4-3-5-7-12)19-14-10-8-13(18)9-11-14/h3-11,15,19H,1-2H3,(H,20,21). The molecular formula is C17H18ClNO2. The highest BCUT2D eigenvalue weighted by Gasteiger charge is 2.37. The van der Waals surface area contributed by atoms with Crippen LogP contribution in [0.4, 0.5) is 5.69 Å². The van der Waals surface area contributed by atoms with E-state index in [4.69, 9.17) is 11.6 Å². The lowest BCUT2D eigenvalue weighted by atomic mass is 9.80. The minimum atomic E-state index is -0.957. The van der Waals surface area contributed by atoms with Crippen LogP contribution in [0.25, 0.3) is 0 Å². The van der Waals surface area contributed by atoms with Gasteiger partial charge in [0, 0.05) is 10.7 Å². The van der Waals surface area contributed by atoms with Gasteiger partial charge in [-0.25, -0.2) is 0 Å². The molecule has 0 saturated heterocycles. The van der Waals surface area contributed by atoms with Crippen molar-refractivity contribution in [2.75, 3.05) is 5.32 Å². The number of rotatable bonds is 5. The van der Waals surface area contributed by atoms with Gasteiger partial charge in [0.25, 0.3) is 0 Å². The van der Waals surface area contributed by atoms with E-state index in [1.807, 2.05) is 42.5 Å². The molecule has 0 aliphatic carbocycles. The van der Waals surface area contributed by atoms with Crippen molar-refractivity contribution in [1.29, 1.82) is 0 Å². The number of carbonyl (C=O) groups is 1. The van der Waals surface area contributed by atoms with E-state index in [2.05, 4.69) is 5.32 Å². The normalized spacial score (nSPS) is 12.7. The quantitative estimate of drug-likeness (QED) is 0.848. The molecule has 4 heteroatoms. The Morgan fingerprint density at radius 1 is 1.10 bits per heavy atom. The van der Waals surface area contributed by atoms with Crippen molar-refractivity contribution < 1.29 is 9.90 Å². The van der Waals surface area contributed by atoms with Crippen LogP contribution in [0.15, 0.2) is 54.6 Å². The zero-order valence-electron chi connectivity index (χ0n) is 12.0. The van der Waals surface area contributed by atoms with Gasteiger partial charge in [0.05, 0.1) is 11.5 Å². The molecule has 0 bridgehead atoms. The molecule has 0 spiro atoms. The van der Waals surface area contributed by atoms with E-state index in [-0.39, 0.29) is 6.04 Å². The van der Waals surface area contributed by atoms with E-state index in [1.54, 1.807) is 26.0 Å². The van der Waals surface area contributed by atoms with Crippen molar-refractivity contribution in [3.63, 3.8) is 0 Å². The minimum Gasteiger partial charge on any atom is -0.481 e. The first-order valence-corrected chi connectivity index (χ1v) is 7.09. The maximum Gasteiger partial charge on any atom is 0.311 e. The zero-order chi connectivity index (χ0) is 15.5. The minimum absolute atomic E-state index is 0.350. The molecule has 2 aromatic rings. The fourth-order valence-corrected chi connectivity index (χ4v) is 2.29. The molecule has 0 aliphatic rings. The molecule has 2 aromatic carbocycles. The monoisotopic (exact) mass is 303 g/mol. The Labute approximate surface area is 129 Å². The highest BCUT2D eigenvalue weighted by atomic mass is 35.5. The average molecular weight is 304 g/mol. The lowest BCUT2D eigenvalue weighted by Gasteiger charge is -2.32. The molecule has 1 unspecified atom stereocenters. The van der Waals surface area contributed by atoms with Crippen molar-refractivity contribution in [3.8, 4) is 0 Å². The summed E-state index contributed by atoms with van der Waals surface area (Å²) in [6, 6.07) is 16.5. The van der Waals surface area contributed by atoms with Crippen molar-refractivity contribution in [2.24, 2.45) is 5.41 Å². The van der Waals surface area contributed by atoms with Crippen LogP contribution < -0.4 is 5.32 Å². The maximum atomic E-state index is 11.6. The summed E-state index contributed by atoms with van der Waals surface area (Å²) in [6.07, 6.45) is 0. The van der Waals surface area contributed by atoms with Gasteiger partial charge < -0.3 is 10.4 Å². The fourth-order valence-electron chi connectivity index (χ4n) is 2.16. The molecule has 1 atom stereocenters. The SMILES string of the molecule is CC(C)(C(=O)O)C(Nc1ccc(Cl)cc1)c1ccccc1. The smallest absolute Gasteiger partial charge is 0.311 e. The summed E-state index contributed by atoms with van der Waals surface area (Å²) in [5, 5.41) is 13.5. The molecule has 21 heavy (non-hydrogen) atoms. The zero-order valence-corrected chi connectivity index (χ0v) is 12.8. The van der Waals surface area contributed by atoms with Crippen molar-refractivity contribution in [2.45, 2.75) is 19.9 Å². The molecule has 0 radical (unpaired) electrons. The molecule has 2 N–H and O–H groups in total. The third-order valence-electron chi connectivity index (χ3n) is 3.56. The van der Waals surface area contributed by atoms with E-state index >= 15 is 0 Å². The highest BCUT2D eigenvalue weighted by Crippen LogP contribution is 2.36. The predicted molar refractivity (Wildman–Crippen MR) is 85.7 cm³/mol. The summed E-state index contributed by atoms with van der Waals surface area (Å²) < 4.78 is 0. The highest BCUT2D eigenvalue weighted by molar-refractivity contribution is 6.30. The van der Waals surface area contributed by atoms with Crippen molar-refractivity contribution >= 4 is 23.3 Å². The van der Waals surface area contributed by atoms with Crippen LogP contribution in [0.1, 0.15) is 25.5 Å². The first-order chi connectivity index (χ1) is 9.91. The van der Waals surface area contributed by atoms with E-state index in [0.717, 1.165) is 11.3 Å². The number of anilines is 1. The van der Waals surface area contributed by atoms with Crippen LogP contribution in [-0.4, -0.2) is 11.1 Å². The largest absolute Gasteiger partial charge is 0.481 e. The summed E-state index contributed by atoms with van der Waals surface area (Å²) in [5.74, 6) is -0.849. The van der Waals surface area contributed by atoms with Crippen LogP contribution in [0.5, 0.6) is 0 Å². The molecule has 0 fully saturated rings. The van der Waals surface area contributed by atoms with Crippen molar-refractivity contribution in [1.82, 2.24) is 0 Å². The lowest BCUT2D eigenvalue weighted by Crippen LogP contribution is -2.35. The number of aliphatic carboxylic acids is 1. The summed E-state index contributed by atoms with van der Waals surface area (Å²) >= 11 is 5.88. The van der Waals surface area contributed by atoms with E-state index in [0.29, 0.717) is 5.02 Å². The summed E-state index contributed by atoms with van der Waals surface area (Å²) in [4.78, 5) is 11.6. The molecule has 2 rings (SSSR count). The Morgan fingerprint density at radius 3 is 2.19 bits per heavy atom. The molecule has 110 valence electrons.